The second-order valence-electron chi connectivity index (χ2n) is 11.1. The zero-order valence-electron chi connectivity index (χ0n) is 24.5. The molecule has 41 heavy (non-hydrogen) atoms. The number of aliphatic hydroxyl groups excluding tert-OH is 1. The van der Waals surface area contributed by atoms with E-state index in [4.69, 9.17) is 14.2 Å². The molecule has 1 saturated heterocycles. The van der Waals surface area contributed by atoms with Crippen LogP contribution in [0, 0.1) is 0 Å². The van der Waals surface area contributed by atoms with E-state index in [-0.39, 0.29) is 16.7 Å². The Labute approximate surface area is 242 Å². The van der Waals surface area contributed by atoms with Gasteiger partial charge < -0.3 is 24.2 Å². The highest BCUT2D eigenvalue weighted by Gasteiger charge is 2.46. The number of methoxy groups -OCH3 is 1. The summed E-state index contributed by atoms with van der Waals surface area (Å²) in [6, 6.07) is 21.8. The Morgan fingerprint density at radius 3 is 2.29 bits per heavy atom. The number of ether oxygens (including phenoxy) is 3. The van der Waals surface area contributed by atoms with Gasteiger partial charge in [0.15, 0.2) is 0 Å². The first-order valence-electron chi connectivity index (χ1n) is 14.0. The van der Waals surface area contributed by atoms with Gasteiger partial charge in [-0.2, -0.15) is 0 Å². The fourth-order valence-electron chi connectivity index (χ4n) is 5.02. The number of rotatable bonds is 11. The zero-order chi connectivity index (χ0) is 29.6. The lowest BCUT2D eigenvalue weighted by Gasteiger charge is -2.26. The van der Waals surface area contributed by atoms with E-state index < -0.39 is 17.7 Å². The fourth-order valence-corrected chi connectivity index (χ4v) is 5.02. The molecule has 4 rings (SSSR count). The molecule has 1 unspecified atom stereocenters. The third-order valence-electron chi connectivity index (χ3n) is 7.09. The van der Waals surface area contributed by atoms with E-state index in [1.54, 1.807) is 13.2 Å². The Bertz CT molecular complexity index is 1390. The van der Waals surface area contributed by atoms with Gasteiger partial charge in [0, 0.05) is 31.4 Å². The van der Waals surface area contributed by atoms with Gasteiger partial charge in [-0.15, -0.1) is 0 Å². The molecule has 1 N–H and O–H groups in total. The second kappa shape index (κ2) is 13.0. The minimum atomic E-state index is -0.750. The van der Waals surface area contributed by atoms with Gasteiger partial charge in [-0.1, -0.05) is 63.2 Å². The summed E-state index contributed by atoms with van der Waals surface area (Å²) in [5, 5.41) is 11.6. The SMILES string of the molecule is CCOc1ccc(/C(O)=C2/C(=O)C(=O)N(CCCOC)C2c2ccc(OCc3ccccc3)cc2)cc1C(C)(C)C. The molecule has 3 aromatic carbocycles. The van der Waals surface area contributed by atoms with Crippen LogP contribution >= 0.6 is 0 Å². The van der Waals surface area contributed by atoms with Crippen LogP contribution in [0.1, 0.15) is 62.4 Å². The van der Waals surface area contributed by atoms with Gasteiger partial charge in [-0.3, -0.25) is 9.59 Å². The average Bonchev–Trinajstić information content (AvgIpc) is 3.21. The molecule has 0 saturated carbocycles. The summed E-state index contributed by atoms with van der Waals surface area (Å²) in [6.45, 7) is 9.78. The van der Waals surface area contributed by atoms with Gasteiger partial charge >= 0.3 is 0 Å². The van der Waals surface area contributed by atoms with Crippen LogP contribution in [0.2, 0.25) is 0 Å². The van der Waals surface area contributed by atoms with E-state index in [2.05, 4.69) is 20.8 Å². The Morgan fingerprint density at radius 1 is 0.951 bits per heavy atom. The van der Waals surface area contributed by atoms with E-state index in [1.165, 1.54) is 4.90 Å². The lowest BCUT2D eigenvalue weighted by atomic mass is 9.84. The molecule has 1 aliphatic rings. The average molecular weight is 558 g/mol. The van der Waals surface area contributed by atoms with Crippen LogP contribution in [0.15, 0.2) is 78.4 Å². The van der Waals surface area contributed by atoms with Crippen molar-refractivity contribution in [2.45, 2.75) is 52.2 Å². The summed E-state index contributed by atoms with van der Waals surface area (Å²) in [4.78, 5) is 28.2. The van der Waals surface area contributed by atoms with Crippen LogP contribution in [-0.4, -0.2) is 48.6 Å². The molecule has 0 aromatic heterocycles. The number of carbonyl (C=O) groups is 2. The predicted octanol–water partition coefficient (Wildman–Crippen LogP) is 6.42. The predicted molar refractivity (Wildman–Crippen MR) is 159 cm³/mol. The van der Waals surface area contributed by atoms with Crippen LogP contribution in [0.4, 0.5) is 0 Å². The molecule has 0 radical (unpaired) electrons. The zero-order valence-corrected chi connectivity index (χ0v) is 24.5. The van der Waals surface area contributed by atoms with E-state index in [9.17, 15) is 14.7 Å². The highest BCUT2D eigenvalue weighted by molar-refractivity contribution is 6.46. The van der Waals surface area contributed by atoms with Crippen LogP contribution in [-0.2, 0) is 26.3 Å². The van der Waals surface area contributed by atoms with Crippen molar-refractivity contribution in [3.05, 3.63) is 101 Å². The molecule has 3 aromatic rings. The van der Waals surface area contributed by atoms with Gasteiger partial charge in [0.2, 0.25) is 0 Å². The summed E-state index contributed by atoms with van der Waals surface area (Å²) in [5.74, 6) is -0.172. The molecule has 1 aliphatic heterocycles. The highest BCUT2D eigenvalue weighted by Crippen LogP contribution is 2.41. The Balaban J connectivity index is 1.73. The van der Waals surface area contributed by atoms with Gasteiger partial charge in [0.1, 0.15) is 23.9 Å². The van der Waals surface area contributed by atoms with E-state index in [0.29, 0.717) is 49.7 Å². The number of hydrogen-bond acceptors (Lipinski definition) is 6. The summed E-state index contributed by atoms with van der Waals surface area (Å²) in [6.07, 6.45) is 0.551. The number of benzene rings is 3. The molecule has 1 amide bonds. The van der Waals surface area contributed by atoms with Crippen LogP contribution < -0.4 is 9.47 Å². The van der Waals surface area contributed by atoms with E-state index in [1.807, 2.05) is 73.7 Å². The van der Waals surface area contributed by atoms with E-state index >= 15 is 0 Å². The lowest BCUT2D eigenvalue weighted by Crippen LogP contribution is -2.31. The largest absolute Gasteiger partial charge is 0.507 e. The van der Waals surface area contributed by atoms with Crippen LogP contribution in [0.25, 0.3) is 5.76 Å². The number of amides is 1. The summed E-state index contributed by atoms with van der Waals surface area (Å²) in [7, 11) is 1.60. The van der Waals surface area contributed by atoms with Crippen molar-refractivity contribution in [2.75, 3.05) is 26.9 Å². The number of ketones is 1. The minimum Gasteiger partial charge on any atom is -0.507 e. The monoisotopic (exact) mass is 557 g/mol. The van der Waals surface area contributed by atoms with Gasteiger partial charge in [-0.05, 0) is 60.2 Å². The molecule has 1 atom stereocenters. The van der Waals surface area contributed by atoms with Crippen molar-refractivity contribution in [3.63, 3.8) is 0 Å². The molecular formula is C34H39NO6. The summed E-state index contributed by atoms with van der Waals surface area (Å²) >= 11 is 0. The molecule has 0 bridgehead atoms. The maximum absolute atomic E-state index is 13.4. The molecule has 0 spiro atoms. The fraction of sp³-hybridized carbons (Fsp3) is 0.353. The first kappa shape index (κ1) is 29.9. The molecule has 0 aliphatic carbocycles. The topological polar surface area (TPSA) is 85.3 Å². The lowest BCUT2D eigenvalue weighted by molar-refractivity contribution is -0.140. The van der Waals surface area contributed by atoms with Crippen molar-refractivity contribution in [1.82, 2.24) is 4.90 Å². The second-order valence-corrected chi connectivity index (χ2v) is 11.1. The van der Waals surface area contributed by atoms with Crippen molar-refractivity contribution in [3.8, 4) is 11.5 Å². The quantitative estimate of drug-likeness (QED) is 0.127. The maximum Gasteiger partial charge on any atom is 0.295 e. The smallest absolute Gasteiger partial charge is 0.295 e. The van der Waals surface area contributed by atoms with Gasteiger partial charge in [-0.25, -0.2) is 0 Å². The molecule has 216 valence electrons. The maximum atomic E-state index is 13.4. The third kappa shape index (κ3) is 6.80. The number of Topliss-reactive ketones (excluding diaryl/α,β-unsaturated/α-hetero) is 1. The normalized spacial score (nSPS) is 16.7. The summed E-state index contributed by atoms with van der Waals surface area (Å²) < 4.78 is 17.0. The van der Waals surface area contributed by atoms with Crippen molar-refractivity contribution in [1.29, 1.82) is 0 Å². The van der Waals surface area contributed by atoms with E-state index in [0.717, 1.165) is 16.9 Å². The minimum absolute atomic E-state index is 0.0642. The van der Waals surface area contributed by atoms with Crippen LogP contribution in [0.5, 0.6) is 11.5 Å². The highest BCUT2D eigenvalue weighted by atomic mass is 16.5. The Kier molecular flexibility index (Phi) is 9.50. The Morgan fingerprint density at radius 2 is 1.66 bits per heavy atom. The number of carbonyl (C=O) groups excluding carboxylic acids is 2. The molecule has 1 heterocycles. The first-order chi connectivity index (χ1) is 19.7. The molecule has 7 nitrogen and oxygen atoms in total. The number of likely N-dealkylation sites (tertiary alicyclic amines) is 1. The number of hydrogen-bond donors (Lipinski definition) is 1. The summed E-state index contributed by atoms with van der Waals surface area (Å²) in [5.41, 5.74) is 2.90. The van der Waals surface area contributed by atoms with Gasteiger partial charge in [0.25, 0.3) is 11.7 Å². The van der Waals surface area contributed by atoms with Crippen molar-refractivity contribution >= 4 is 17.4 Å². The Hall–Kier alpha value is -4.10. The number of nitrogens with zero attached hydrogens (tertiary/aromatic N) is 1. The standard InChI is InChI=1S/C34H39NO6/c1-6-40-28-18-15-25(21-27(28)34(2,3)4)31(36)29-30(35(19-10-20-39-5)33(38)32(29)37)24-13-16-26(17-14-24)41-22-23-11-8-7-9-12-23/h7-9,11-18,21,30,36H,6,10,19-20,22H2,1-5H3/b31-29-. The van der Waals surface area contributed by atoms with Crippen LogP contribution in [0.3, 0.4) is 0 Å². The third-order valence-corrected chi connectivity index (χ3v) is 7.09. The van der Waals surface area contributed by atoms with Crippen molar-refractivity contribution < 1.29 is 28.9 Å². The first-order valence-corrected chi connectivity index (χ1v) is 14.0. The van der Waals surface area contributed by atoms with Crippen molar-refractivity contribution in [2.24, 2.45) is 0 Å². The molecule has 1 fully saturated rings. The van der Waals surface area contributed by atoms with Gasteiger partial charge in [0.05, 0.1) is 18.2 Å². The molecule has 7 heteroatoms. The molecular weight excluding hydrogens is 518 g/mol. The number of aliphatic hydroxyl groups is 1.